The molecule has 98 valence electrons. The van der Waals surface area contributed by atoms with Crippen LogP contribution in [-0.4, -0.2) is 23.1 Å². The maximum absolute atomic E-state index is 4.48. The molecule has 18 heavy (non-hydrogen) atoms. The van der Waals surface area contributed by atoms with Gasteiger partial charge in [0.1, 0.15) is 5.82 Å². The number of anilines is 1. The van der Waals surface area contributed by atoms with Crippen LogP contribution < -0.4 is 10.6 Å². The second-order valence-electron chi connectivity index (χ2n) is 5.21. The zero-order valence-electron chi connectivity index (χ0n) is 10.5. The van der Waals surface area contributed by atoms with Crippen LogP contribution in [0.25, 0.3) is 0 Å². The molecule has 1 aromatic heterocycles. The third kappa shape index (κ3) is 2.67. The van der Waals surface area contributed by atoms with Crippen molar-refractivity contribution in [1.29, 1.82) is 0 Å². The van der Waals surface area contributed by atoms with E-state index in [1.165, 1.54) is 36.9 Å². The molecule has 0 amide bonds. The minimum atomic E-state index is 0.703. The first-order chi connectivity index (χ1) is 8.83. The smallest absolute Gasteiger partial charge is 0.198 e. The summed E-state index contributed by atoms with van der Waals surface area (Å²) in [4.78, 5) is 8.95. The van der Waals surface area contributed by atoms with Gasteiger partial charge in [-0.3, -0.25) is 0 Å². The van der Waals surface area contributed by atoms with Crippen LogP contribution in [0.2, 0.25) is 0 Å². The van der Waals surface area contributed by atoms with E-state index in [0.717, 1.165) is 37.8 Å². The highest BCUT2D eigenvalue weighted by Crippen LogP contribution is 2.29. The molecule has 0 radical (unpaired) electrons. The van der Waals surface area contributed by atoms with Crippen LogP contribution in [-0.2, 0) is 13.0 Å². The van der Waals surface area contributed by atoms with Crippen LogP contribution in [0.1, 0.15) is 36.9 Å². The maximum atomic E-state index is 4.48. The molecule has 1 fully saturated rings. The molecule has 1 aliphatic heterocycles. The molecule has 2 aliphatic rings. The molecule has 0 spiro atoms. The van der Waals surface area contributed by atoms with Crippen LogP contribution in [0.3, 0.4) is 0 Å². The maximum Gasteiger partial charge on any atom is 0.198 e. The molecule has 1 saturated carbocycles. The summed E-state index contributed by atoms with van der Waals surface area (Å²) < 4.78 is 0.703. The minimum absolute atomic E-state index is 0.703. The quantitative estimate of drug-likeness (QED) is 0.839. The summed E-state index contributed by atoms with van der Waals surface area (Å²) in [5, 5.41) is 6.88. The van der Waals surface area contributed by atoms with Crippen molar-refractivity contribution >= 4 is 21.7 Å². The minimum Gasteiger partial charge on any atom is -0.370 e. The second kappa shape index (κ2) is 5.53. The monoisotopic (exact) mass is 310 g/mol. The molecule has 0 saturated heterocycles. The van der Waals surface area contributed by atoms with Gasteiger partial charge in [0.25, 0.3) is 0 Å². The molecule has 1 aromatic rings. The van der Waals surface area contributed by atoms with Crippen molar-refractivity contribution in [2.45, 2.75) is 38.6 Å². The van der Waals surface area contributed by atoms with E-state index in [2.05, 4.69) is 36.5 Å². The predicted molar refractivity (Wildman–Crippen MR) is 75.6 cm³/mol. The topological polar surface area (TPSA) is 49.8 Å². The fourth-order valence-corrected chi connectivity index (χ4v) is 3.03. The molecular formula is C13H19BrN4. The van der Waals surface area contributed by atoms with Crippen LogP contribution in [0.5, 0.6) is 0 Å². The van der Waals surface area contributed by atoms with Gasteiger partial charge in [-0.05, 0) is 28.3 Å². The van der Waals surface area contributed by atoms with E-state index >= 15 is 0 Å². The predicted octanol–water partition coefficient (Wildman–Crippen LogP) is 2.49. The number of hydrogen-bond acceptors (Lipinski definition) is 4. The lowest BCUT2D eigenvalue weighted by Crippen LogP contribution is -2.27. The number of rotatable bonds is 4. The van der Waals surface area contributed by atoms with Crippen LogP contribution in [0.15, 0.2) is 4.73 Å². The highest BCUT2D eigenvalue weighted by atomic mass is 79.9. The first-order valence-corrected chi connectivity index (χ1v) is 7.62. The molecule has 1 aliphatic carbocycles. The van der Waals surface area contributed by atoms with E-state index in [0.29, 0.717) is 4.73 Å². The molecule has 0 atom stereocenters. The number of aromatic nitrogens is 2. The van der Waals surface area contributed by atoms with Crippen LogP contribution in [0.4, 0.5) is 5.82 Å². The number of fused-ring (bicyclic) bond motifs is 1. The van der Waals surface area contributed by atoms with Gasteiger partial charge in [-0.25, -0.2) is 9.97 Å². The van der Waals surface area contributed by atoms with E-state index in [9.17, 15) is 0 Å². The van der Waals surface area contributed by atoms with Crippen molar-refractivity contribution in [2.24, 2.45) is 5.92 Å². The van der Waals surface area contributed by atoms with E-state index in [-0.39, 0.29) is 0 Å². The van der Waals surface area contributed by atoms with Crippen molar-refractivity contribution in [3.05, 3.63) is 16.0 Å². The number of nitrogens with one attached hydrogen (secondary N) is 2. The standard InChI is InChI=1S/C13H19BrN4/c14-13-17-11-5-6-15-8-10(11)12(18-13)16-7-4-9-2-1-3-9/h9,15H,1-8H2,(H,16,17,18). The van der Waals surface area contributed by atoms with Crippen LogP contribution in [0, 0.1) is 5.92 Å². The van der Waals surface area contributed by atoms with E-state index in [1.54, 1.807) is 0 Å². The molecule has 0 bridgehead atoms. The summed E-state index contributed by atoms with van der Waals surface area (Å²) >= 11 is 3.40. The van der Waals surface area contributed by atoms with Gasteiger partial charge in [-0.1, -0.05) is 19.3 Å². The third-order valence-corrected chi connectivity index (χ3v) is 4.33. The molecule has 2 heterocycles. The van der Waals surface area contributed by atoms with Gasteiger partial charge in [0.15, 0.2) is 4.73 Å². The summed E-state index contributed by atoms with van der Waals surface area (Å²) in [6.07, 6.45) is 6.50. The summed E-state index contributed by atoms with van der Waals surface area (Å²) in [7, 11) is 0. The Morgan fingerprint density at radius 1 is 1.33 bits per heavy atom. The van der Waals surface area contributed by atoms with Crippen molar-refractivity contribution in [1.82, 2.24) is 15.3 Å². The summed E-state index contributed by atoms with van der Waals surface area (Å²) in [6, 6.07) is 0. The van der Waals surface area contributed by atoms with Gasteiger partial charge < -0.3 is 10.6 Å². The highest BCUT2D eigenvalue weighted by molar-refractivity contribution is 9.10. The Morgan fingerprint density at radius 3 is 3.00 bits per heavy atom. The van der Waals surface area contributed by atoms with Gasteiger partial charge in [0.2, 0.25) is 0 Å². The molecule has 0 aromatic carbocycles. The van der Waals surface area contributed by atoms with Gasteiger partial charge in [0.05, 0.1) is 5.69 Å². The van der Waals surface area contributed by atoms with Gasteiger partial charge in [-0.15, -0.1) is 0 Å². The van der Waals surface area contributed by atoms with Crippen molar-refractivity contribution in [2.75, 3.05) is 18.4 Å². The Balaban J connectivity index is 1.67. The lowest BCUT2D eigenvalue weighted by atomic mass is 9.83. The van der Waals surface area contributed by atoms with E-state index in [1.807, 2.05) is 0 Å². The van der Waals surface area contributed by atoms with Gasteiger partial charge in [-0.2, -0.15) is 0 Å². The first kappa shape index (κ1) is 12.4. The zero-order chi connectivity index (χ0) is 12.4. The number of nitrogens with zero attached hydrogens (tertiary/aromatic N) is 2. The Labute approximate surface area is 116 Å². The average molecular weight is 311 g/mol. The average Bonchev–Trinajstić information content (AvgIpc) is 2.32. The Morgan fingerprint density at radius 2 is 2.22 bits per heavy atom. The van der Waals surface area contributed by atoms with Crippen LogP contribution >= 0.6 is 15.9 Å². The Bertz CT molecular complexity index is 431. The molecule has 2 N–H and O–H groups in total. The summed E-state index contributed by atoms with van der Waals surface area (Å²) in [5.41, 5.74) is 2.43. The van der Waals surface area contributed by atoms with E-state index < -0.39 is 0 Å². The van der Waals surface area contributed by atoms with Crippen molar-refractivity contribution in [3.8, 4) is 0 Å². The van der Waals surface area contributed by atoms with Gasteiger partial charge in [0, 0.05) is 31.6 Å². The SMILES string of the molecule is Brc1nc2c(c(NCCC3CCC3)n1)CNCC2. The molecule has 4 nitrogen and oxygen atoms in total. The van der Waals surface area contributed by atoms with Gasteiger partial charge >= 0.3 is 0 Å². The van der Waals surface area contributed by atoms with E-state index in [4.69, 9.17) is 0 Å². The van der Waals surface area contributed by atoms with Crippen molar-refractivity contribution < 1.29 is 0 Å². The molecular weight excluding hydrogens is 292 g/mol. The third-order valence-electron chi connectivity index (χ3n) is 3.98. The summed E-state index contributed by atoms with van der Waals surface area (Å²) in [6.45, 7) is 2.92. The Hall–Kier alpha value is -0.680. The lowest BCUT2D eigenvalue weighted by Gasteiger charge is -2.26. The Kier molecular flexibility index (Phi) is 3.80. The molecule has 5 heteroatoms. The second-order valence-corrected chi connectivity index (χ2v) is 5.91. The zero-order valence-corrected chi connectivity index (χ0v) is 12.1. The fraction of sp³-hybridized carbons (Fsp3) is 0.692. The number of hydrogen-bond donors (Lipinski definition) is 2. The number of halogens is 1. The molecule has 0 unspecified atom stereocenters. The lowest BCUT2D eigenvalue weighted by molar-refractivity contribution is 0.303. The molecule has 3 rings (SSSR count). The fourth-order valence-electron chi connectivity index (χ4n) is 2.64. The summed E-state index contributed by atoms with van der Waals surface area (Å²) in [5.74, 6) is 1.95. The highest BCUT2D eigenvalue weighted by Gasteiger charge is 2.19. The normalized spacial score (nSPS) is 19.2. The van der Waals surface area contributed by atoms with Crippen molar-refractivity contribution in [3.63, 3.8) is 0 Å². The largest absolute Gasteiger partial charge is 0.370 e. The first-order valence-electron chi connectivity index (χ1n) is 6.83.